The maximum absolute atomic E-state index is 12.4. The van der Waals surface area contributed by atoms with Crippen LogP contribution >= 0.6 is 0 Å². The van der Waals surface area contributed by atoms with Gasteiger partial charge in [-0.3, -0.25) is 4.79 Å². The first kappa shape index (κ1) is 21.8. The summed E-state index contributed by atoms with van der Waals surface area (Å²) >= 11 is 0. The lowest BCUT2D eigenvalue weighted by molar-refractivity contribution is -0.0434. The van der Waals surface area contributed by atoms with Gasteiger partial charge >= 0.3 is 6.09 Å². The summed E-state index contributed by atoms with van der Waals surface area (Å²) in [7, 11) is 0. The summed E-state index contributed by atoms with van der Waals surface area (Å²) in [6.07, 6.45) is 7.54. The average molecular weight is 430 g/mol. The zero-order valence-electron chi connectivity index (χ0n) is 19.0. The van der Waals surface area contributed by atoms with Crippen molar-refractivity contribution in [2.45, 2.75) is 77.4 Å². The van der Waals surface area contributed by atoms with Crippen LogP contribution in [0.1, 0.15) is 76.2 Å². The van der Waals surface area contributed by atoms with Crippen molar-refractivity contribution in [1.29, 1.82) is 0 Å². The molecule has 2 aliphatic heterocycles. The summed E-state index contributed by atoms with van der Waals surface area (Å²) in [6.45, 7) is 8.97. The largest absolute Gasteiger partial charge is 0.444 e. The number of carbonyl (C=O) groups is 2. The van der Waals surface area contributed by atoms with Gasteiger partial charge in [0.2, 0.25) is 0 Å². The molecule has 1 saturated carbocycles. The topological polar surface area (TPSA) is 87.7 Å². The van der Waals surface area contributed by atoms with Crippen LogP contribution in [0.25, 0.3) is 0 Å². The van der Waals surface area contributed by atoms with Crippen LogP contribution < -0.4 is 10.2 Å². The van der Waals surface area contributed by atoms with Gasteiger partial charge in [0.15, 0.2) is 11.5 Å². The Morgan fingerprint density at radius 2 is 1.74 bits per heavy atom. The van der Waals surface area contributed by atoms with Crippen LogP contribution in [-0.2, 0) is 4.74 Å². The molecule has 3 heterocycles. The molecule has 1 spiro atoms. The number of aromatic nitrogens is 2. The lowest BCUT2D eigenvalue weighted by Gasteiger charge is -2.53. The third-order valence-corrected chi connectivity index (χ3v) is 6.68. The number of piperidine rings is 1. The van der Waals surface area contributed by atoms with Crippen LogP contribution in [0.5, 0.6) is 0 Å². The van der Waals surface area contributed by atoms with E-state index in [0.29, 0.717) is 5.69 Å². The maximum atomic E-state index is 12.4. The molecule has 8 nitrogen and oxygen atoms in total. The number of amides is 2. The molecule has 2 amide bonds. The van der Waals surface area contributed by atoms with Crippen LogP contribution in [0.15, 0.2) is 12.1 Å². The third-order valence-electron chi connectivity index (χ3n) is 6.68. The Kier molecular flexibility index (Phi) is 6.08. The van der Waals surface area contributed by atoms with Gasteiger partial charge in [-0.15, -0.1) is 10.2 Å². The van der Waals surface area contributed by atoms with E-state index in [4.69, 9.17) is 4.74 Å². The summed E-state index contributed by atoms with van der Waals surface area (Å²) in [5, 5.41) is 11.6. The number of hydrogen-bond donors (Lipinski definition) is 1. The number of ether oxygens (including phenoxy) is 1. The number of hydrogen-bond acceptors (Lipinski definition) is 6. The second-order valence-electron chi connectivity index (χ2n) is 10.4. The van der Waals surface area contributed by atoms with Crippen LogP contribution in [0.2, 0.25) is 0 Å². The van der Waals surface area contributed by atoms with Gasteiger partial charge in [0.1, 0.15) is 5.60 Å². The highest BCUT2D eigenvalue weighted by Crippen LogP contribution is 2.41. The molecule has 31 heavy (non-hydrogen) atoms. The maximum Gasteiger partial charge on any atom is 0.410 e. The van der Waals surface area contributed by atoms with Gasteiger partial charge in [-0.1, -0.05) is 19.3 Å². The highest BCUT2D eigenvalue weighted by molar-refractivity contribution is 5.92. The van der Waals surface area contributed by atoms with E-state index in [2.05, 4.69) is 20.4 Å². The number of nitrogens with zero attached hydrogens (tertiary/aromatic N) is 4. The molecule has 1 N–H and O–H groups in total. The van der Waals surface area contributed by atoms with Gasteiger partial charge in [0, 0.05) is 37.6 Å². The molecule has 0 atom stereocenters. The van der Waals surface area contributed by atoms with Gasteiger partial charge in [-0.05, 0) is 58.6 Å². The number of rotatable bonds is 3. The highest BCUT2D eigenvalue weighted by atomic mass is 16.6. The standard InChI is InChI=1S/C23H35N5O3/c1-22(2,3)31-21(30)28-15-23(16-28)11-13-27(14-12-23)19-10-9-18(25-26-19)20(29)24-17-7-5-4-6-8-17/h9-10,17H,4-8,11-16H2,1-3H3,(H,24,29). The van der Waals surface area contributed by atoms with Gasteiger partial charge in [0.05, 0.1) is 0 Å². The van der Waals surface area contributed by atoms with Crippen molar-refractivity contribution in [2.75, 3.05) is 31.1 Å². The highest BCUT2D eigenvalue weighted by Gasteiger charge is 2.48. The quantitative estimate of drug-likeness (QED) is 0.793. The van der Waals surface area contributed by atoms with Crippen molar-refractivity contribution < 1.29 is 14.3 Å². The fourth-order valence-electron chi connectivity index (χ4n) is 4.87. The Bertz CT molecular complexity index is 782. The summed E-state index contributed by atoms with van der Waals surface area (Å²) in [5.41, 5.74) is 0.122. The van der Waals surface area contributed by atoms with E-state index in [0.717, 1.165) is 57.7 Å². The van der Waals surface area contributed by atoms with Crippen molar-refractivity contribution in [3.63, 3.8) is 0 Å². The van der Waals surface area contributed by atoms with Crippen LogP contribution in [-0.4, -0.2) is 64.9 Å². The molecule has 3 fully saturated rings. The Morgan fingerprint density at radius 3 is 2.32 bits per heavy atom. The van der Waals surface area contributed by atoms with Crippen LogP contribution in [0, 0.1) is 5.41 Å². The van der Waals surface area contributed by atoms with Crippen LogP contribution in [0.3, 0.4) is 0 Å². The molecular formula is C23H35N5O3. The number of nitrogens with one attached hydrogen (secondary N) is 1. The van der Waals surface area contributed by atoms with E-state index >= 15 is 0 Å². The SMILES string of the molecule is CC(C)(C)OC(=O)N1CC2(CCN(c3ccc(C(=O)NC4CCCCC4)nn3)CC2)C1. The van der Waals surface area contributed by atoms with Gasteiger partial charge in [0.25, 0.3) is 5.91 Å². The van der Waals surface area contributed by atoms with E-state index in [1.807, 2.05) is 26.8 Å². The van der Waals surface area contributed by atoms with Gasteiger partial charge in [-0.2, -0.15) is 0 Å². The molecule has 1 aromatic rings. The Balaban J connectivity index is 1.25. The summed E-state index contributed by atoms with van der Waals surface area (Å²) in [5.74, 6) is 0.688. The zero-order valence-corrected chi connectivity index (χ0v) is 19.0. The minimum absolute atomic E-state index is 0.125. The van der Waals surface area contributed by atoms with E-state index in [1.165, 1.54) is 19.3 Å². The number of anilines is 1. The van der Waals surface area contributed by atoms with Crippen molar-refractivity contribution in [3.8, 4) is 0 Å². The molecule has 4 rings (SSSR count). The molecule has 0 radical (unpaired) electrons. The van der Waals surface area contributed by atoms with E-state index in [9.17, 15) is 9.59 Å². The summed E-state index contributed by atoms with van der Waals surface area (Å²) in [4.78, 5) is 28.7. The Hall–Kier alpha value is -2.38. The minimum atomic E-state index is -0.457. The molecule has 2 saturated heterocycles. The number of carbonyl (C=O) groups excluding carboxylic acids is 2. The molecule has 0 aromatic carbocycles. The lowest BCUT2D eigenvalue weighted by atomic mass is 9.72. The lowest BCUT2D eigenvalue weighted by Crippen LogP contribution is -2.62. The average Bonchev–Trinajstić information content (AvgIpc) is 2.72. The molecule has 1 aromatic heterocycles. The fourth-order valence-corrected chi connectivity index (χ4v) is 4.87. The first-order valence-corrected chi connectivity index (χ1v) is 11.6. The Morgan fingerprint density at radius 1 is 1.06 bits per heavy atom. The van der Waals surface area contributed by atoms with Gasteiger partial charge in [-0.25, -0.2) is 4.79 Å². The summed E-state index contributed by atoms with van der Waals surface area (Å²) < 4.78 is 5.47. The van der Waals surface area contributed by atoms with Crippen molar-refractivity contribution >= 4 is 17.8 Å². The Labute approximate surface area is 184 Å². The zero-order chi connectivity index (χ0) is 22.1. The molecule has 8 heteroatoms. The van der Waals surface area contributed by atoms with Crippen molar-refractivity contribution in [3.05, 3.63) is 17.8 Å². The monoisotopic (exact) mass is 429 g/mol. The first-order chi connectivity index (χ1) is 14.7. The predicted octanol–water partition coefficient (Wildman–Crippen LogP) is 3.38. The molecule has 0 unspecified atom stereocenters. The smallest absolute Gasteiger partial charge is 0.410 e. The second-order valence-corrected chi connectivity index (χ2v) is 10.4. The van der Waals surface area contributed by atoms with Crippen molar-refractivity contribution in [1.82, 2.24) is 20.4 Å². The van der Waals surface area contributed by atoms with E-state index in [-0.39, 0.29) is 23.5 Å². The predicted molar refractivity (Wildman–Crippen MR) is 118 cm³/mol. The normalized spacial score (nSPS) is 21.5. The molecule has 3 aliphatic rings. The van der Waals surface area contributed by atoms with Crippen LogP contribution in [0.4, 0.5) is 10.6 Å². The number of likely N-dealkylation sites (tertiary alicyclic amines) is 1. The van der Waals surface area contributed by atoms with Crippen molar-refractivity contribution in [2.24, 2.45) is 5.41 Å². The molecule has 0 bridgehead atoms. The molecule has 1 aliphatic carbocycles. The van der Waals surface area contributed by atoms with E-state index in [1.54, 1.807) is 11.0 Å². The molecule has 170 valence electrons. The minimum Gasteiger partial charge on any atom is -0.444 e. The third kappa shape index (κ3) is 5.28. The fraction of sp³-hybridized carbons (Fsp3) is 0.739. The first-order valence-electron chi connectivity index (χ1n) is 11.6. The summed E-state index contributed by atoms with van der Waals surface area (Å²) in [6, 6.07) is 3.94. The second kappa shape index (κ2) is 8.63. The van der Waals surface area contributed by atoms with Gasteiger partial charge < -0.3 is 19.9 Å². The van der Waals surface area contributed by atoms with E-state index < -0.39 is 5.60 Å². The molecular weight excluding hydrogens is 394 g/mol.